The van der Waals surface area contributed by atoms with Gasteiger partial charge in [-0.2, -0.15) is 24.9 Å². The van der Waals surface area contributed by atoms with Crippen LogP contribution in [0, 0.1) is 0 Å². The molecule has 1 amide bonds. The first-order valence-electron chi connectivity index (χ1n) is 7.62. The van der Waals surface area contributed by atoms with Crippen LogP contribution in [-0.2, 0) is 16.1 Å². The topological polar surface area (TPSA) is 75.6 Å². The van der Waals surface area contributed by atoms with Gasteiger partial charge in [0.25, 0.3) is 0 Å². The van der Waals surface area contributed by atoms with E-state index < -0.39 is 30.7 Å². The summed E-state index contributed by atoms with van der Waals surface area (Å²) in [5.41, 5.74) is 0.768. The van der Waals surface area contributed by atoms with E-state index >= 15 is 0 Å². The van der Waals surface area contributed by atoms with Gasteiger partial charge in [0, 0.05) is 6.42 Å². The number of thioether (sulfide) groups is 1. The van der Waals surface area contributed by atoms with E-state index in [0.717, 1.165) is 5.56 Å². The Kier molecular flexibility index (Phi) is 9.18. The van der Waals surface area contributed by atoms with E-state index in [-0.39, 0.29) is 25.2 Å². The second kappa shape index (κ2) is 10.9. The molecule has 0 bridgehead atoms. The van der Waals surface area contributed by atoms with Crippen LogP contribution in [-0.4, -0.2) is 40.9 Å². The van der Waals surface area contributed by atoms with Gasteiger partial charge < -0.3 is 15.2 Å². The number of aliphatic carboxylic acids is 1. The highest BCUT2D eigenvalue weighted by Gasteiger charge is 2.26. The second-order valence-electron chi connectivity index (χ2n) is 5.22. The van der Waals surface area contributed by atoms with E-state index in [0.29, 0.717) is 5.75 Å². The van der Waals surface area contributed by atoms with Gasteiger partial charge in [0.15, 0.2) is 0 Å². The van der Waals surface area contributed by atoms with Crippen molar-refractivity contribution in [2.24, 2.45) is 0 Å². The minimum absolute atomic E-state index is 0.0154. The van der Waals surface area contributed by atoms with E-state index in [4.69, 9.17) is 9.84 Å². The van der Waals surface area contributed by atoms with Gasteiger partial charge in [-0.1, -0.05) is 30.3 Å². The summed E-state index contributed by atoms with van der Waals surface area (Å²) in [5, 5.41) is 11.3. The van der Waals surface area contributed by atoms with Gasteiger partial charge in [0.2, 0.25) is 0 Å². The van der Waals surface area contributed by atoms with Gasteiger partial charge in [-0.15, -0.1) is 0 Å². The lowest BCUT2D eigenvalue weighted by molar-refractivity contribution is -0.139. The number of ether oxygens (including phenoxy) is 1. The number of carboxylic acid groups (broad SMARTS) is 1. The fraction of sp³-hybridized carbons (Fsp3) is 0.500. The van der Waals surface area contributed by atoms with Gasteiger partial charge in [-0.25, -0.2) is 9.59 Å². The predicted molar refractivity (Wildman–Crippen MR) is 88.4 cm³/mol. The van der Waals surface area contributed by atoms with Crippen LogP contribution in [0.3, 0.4) is 0 Å². The number of benzene rings is 1. The average Bonchev–Trinajstić information content (AvgIpc) is 2.54. The molecule has 0 spiro atoms. The first-order chi connectivity index (χ1) is 11.8. The van der Waals surface area contributed by atoms with E-state index in [1.165, 1.54) is 11.8 Å². The van der Waals surface area contributed by atoms with Gasteiger partial charge in [0.05, 0.1) is 0 Å². The highest BCUT2D eigenvalue weighted by atomic mass is 32.2. The fourth-order valence-corrected chi connectivity index (χ4v) is 2.80. The smallest absolute Gasteiger partial charge is 0.408 e. The number of alkyl carbamates (subject to hydrolysis) is 1. The van der Waals surface area contributed by atoms with Crippen molar-refractivity contribution in [3.05, 3.63) is 35.9 Å². The monoisotopic (exact) mass is 379 g/mol. The molecule has 9 heteroatoms. The Morgan fingerprint density at radius 3 is 2.48 bits per heavy atom. The minimum Gasteiger partial charge on any atom is -0.480 e. The maximum Gasteiger partial charge on any atom is 0.408 e. The SMILES string of the molecule is O=C(NC(CCSCCCC(F)(F)F)C(=O)O)OCc1ccccc1. The lowest BCUT2D eigenvalue weighted by Crippen LogP contribution is -2.41. The number of carbonyl (C=O) groups excluding carboxylic acids is 1. The fourth-order valence-electron chi connectivity index (χ4n) is 1.84. The normalized spacial score (nSPS) is 12.4. The maximum atomic E-state index is 12.0. The molecule has 0 aliphatic heterocycles. The summed E-state index contributed by atoms with van der Waals surface area (Å²) < 4.78 is 40.9. The molecule has 1 aromatic rings. The van der Waals surface area contributed by atoms with Crippen molar-refractivity contribution in [1.82, 2.24) is 5.32 Å². The molecule has 0 saturated heterocycles. The number of hydrogen-bond acceptors (Lipinski definition) is 4. The molecular formula is C16H20F3NO4S. The number of rotatable bonds is 10. The third kappa shape index (κ3) is 10.5. The summed E-state index contributed by atoms with van der Waals surface area (Å²) in [6.45, 7) is 0.0191. The Balaban J connectivity index is 2.24. The molecule has 0 aromatic heterocycles. The van der Waals surface area contributed by atoms with Crippen LogP contribution >= 0.6 is 11.8 Å². The van der Waals surface area contributed by atoms with Crippen LogP contribution in [0.4, 0.5) is 18.0 Å². The first kappa shape index (κ1) is 21.1. The molecule has 1 atom stereocenters. The van der Waals surface area contributed by atoms with Crippen molar-refractivity contribution >= 4 is 23.8 Å². The highest BCUT2D eigenvalue weighted by Crippen LogP contribution is 2.22. The van der Waals surface area contributed by atoms with Crippen molar-refractivity contribution in [3.8, 4) is 0 Å². The number of alkyl halides is 3. The lowest BCUT2D eigenvalue weighted by Gasteiger charge is -2.14. The van der Waals surface area contributed by atoms with Gasteiger partial charge in [-0.3, -0.25) is 0 Å². The van der Waals surface area contributed by atoms with Crippen LogP contribution in [0.2, 0.25) is 0 Å². The Hall–Kier alpha value is -1.90. The number of carboxylic acids is 1. The van der Waals surface area contributed by atoms with Crippen molar-refractivity contribution in [2.45, 2.75) is 38.1 Å². The van der Waals surface area contributed by atoms with E-state index in [9.17, 15) is 22.8 Å². The largest absolute Gasteiger partial charge is 0.480 e. The van der Waals surface area contributed by atoms with Crippen molar-refractivity contribution in [3.63, 3.8) is 0 Å². The molecule has 2 N–H and O–H groups in total. The van der Waals surface area contributed by atoms with Gasteiger partial charge in [0.1, 0.15) is 12.6 Å². The summed E-state index contributed by atoms with van der Waals surface area (Å²) in [7, 11) is 0. The third-order valence-corrected chi connectivity index (χ3v) is 4.20. The van der Waals surface area contributed by atoms with E-state index in [1.807, 2.05) is 6.07 Å². The maximum absolute atomic E-state index is 12.0. The average molecular weight is 379 g/mol. The van der Waals surface area contributed by atoms with Crippen molar-refractivity contribution in [2.75, 3.05) is 11.5 Å². The Labute approximate surface area is 147 Å². The molecule has 0 fully saturated rings. The van der Waals surface area contributed by atoms with Crippen LogP contribution in [0.15, 0.2) is 30.3 Å². The molecule has 0 heterocycles. The van der Waals surface area contributed by atoms with E-state index in [1.54, 1.807) is 24.3 Å². The third-order valence-electron chi connectivity index (χ3n) is 3.10. The van der Waals surface area contributed by atoms with Crippen molar-refractivity contribution in [1.29, 1.82) is 0 Å². The summed E-state index contributed by atoms with van der Waals surface area (Å²) in [6, 6.07) is 7.77. The summed E-state index contributed by atoms with van der Waals surface area (Å²) in [6.07, 6.45) is -5.79. The zero-order chi connectivity index (χ0) is 18.7. The second-order valence-corrected chi connectivity index (χ2v) is 6.44. The quantitative estimate of drug-likeness (QED) is 0.604. The molecule has 0 aliphatic carbocycles. The zero-order valence-electron chi connectivity index (χ0n) is 13.4. The van der Waals surface area contributed by atoms with Crippen molar-refractivity contribution < 1.29 is 32.6 Å². The number of hydrogen-bond donors (Lipinski definition) is 2. The molecular weight excluding hydrogens is 359 g/mol. The molecule has 5 nitrogen and oxygen atoms in total. The summed E-state index contributed by atoms with van der Waals surface area (Å²) >= 11 is 1.22. The van der Waals surface area contributed by atoms with Crippen LogP contribution in [0.1, 0.15) is 24.8 Å². The van der Waals surface area contributed by atoms with Crippen LogP contribution < -0.4 is 5.32 Å². The highest BCUT2D eigenvalue weighted by molar-refractivity contribution is 7.99. The summed E-state index contributed by atoms with van der Waals surface area (Å²) in [5.74, 6) is -0.606. The molecule has 0 aliphatic rings. The number of carbonyl (C=O) groups is 2. The molecule has 0 radical (unpaired) electrons. The zero-order valence-corrected chi connectivity index (χ0v) is 14.2. The molecule has 1 unspecified atom stereocenters. The summed E-state index contributed by atoms with van der Waals surface area (Å²) in [4.78, 5) is 22.8. The first-order valence-corrected chi connectivity index (χ1v) is 8.78. The Morgan fingerprint density at radius 2 is 1.88 bits per heavy atom. The van der Waals surface area contributed by atoms with E-state index in [2.05, 4.69) is 5.32 Å². The predicted octanol–water partition coefficient (Wildman–Crippen LogP) is 3.83. The number of halogens is 3. The van der Waals surface area contributed by atoms with Gasteiger partial charge >= 0.3 is 18.2 Å². The Bertz CT molecular complexity index is 540. The standard InChI is InChI=1S/C16H20F3NO4S/c17-16(18,19)8-4-9-25-10-7-13(14(21)22)20-15(23)24-11-12-5-2-1-3-6-12/h1-3,5-6,13H,4,7-11H2,(H,20,23)(H,21,22). The number of nitrogens with one attached hydrogen (secondary N) is 1. The van der Waals surface area contributed by atoms with Crippen LogP contribution in [0.5, 0.6) is 0 Å². The lowest BCUT2D eigenvalue weighted by atomic mass is 10.2. The molecule has 25 heavy (non-hydrogen) atoms. The number of amides is 1. The molecule has 1 rings (SSSR count). The van der Waals surface area contributed by atoms with Gasteiger partial charge in [-0.05, 0) is 29.9 Å². The molecule has 140 valence electrons. The Morgan fingerprint density at radius 1 is 1.20 bits per heavy atom. The minimum atomic E-state index is -4.17. The molecule has 1 aromatic carbocycles. The van der Waals surface area contributed by atoms with Crippen LogP contribution in [0.25, 0.3) is 0 Å². The molecule has 0 saturated carbocycles.